The predicted octanol–water partition coefficient (Wildman–Crippen LogP) is 6.00. The van der Waals surface area contributed by atoms with Gasteiger partial charge < -0.3 is 5.32 Å². The molecule has 31 heavy (non-hydrogen) atoms. The number of pyridine rings is 1. The molecule has 1 unspecified atom stereocenters. The highest BCUT2D eigenvalue weighted by Gasteiger charge is 2.47. The number of carbonyl (C=O) groups is 1. The number of hydrogen-bond acceptors (Lipinski definition) is 3. The van der Waals surface area contributed by atoms with Gasteiger partial charge in [0.15, 0.2) is 5.78 Å². The van der Waals surface area contributed by atoms with Crippen LogP contribution in [0.15, 0.2) is 84.9 Å². The Morgan fingerprint density at radius 1 is 0.839 bits per heavy atom. The summed E-state index contributed by atoms with van der Waals surface area (Å²) < 4.78 is 39.3. The fourth-order valence-electron chi connectivity index (χ4n) is 4.16. The average Bonchev–Trinajstić information content (AvgIpc) is 3.06. The first-order valence-electron chi connectivity index (χ1n) is 9.81. The Morgan fingerprint density at radius 3 is 2.29 bits per heavy atom. The van der Waals surface area contributed by atoms with Crippen LogP contribution >= 0.6 is 0 Å². The van der Waals surface area contributed by atoms with E-state index in [0.29, 0.717) is 22.5 Å². The number of halogens is 3. The Balaban J connectivity index is 1.62. The number of benzene rings is 3. The number of aromatic nitrogens is 1. The Hall–Kier alpha value is -3.67. The summed E-state index contributed by atoms with van der Waals surface area (Å²) in [6.45, 7) is 0. The second-order valence-corrected chi connectivity index (χ2v) is 7.65. The van der Waals surface area contributed by atoms with Crippen LogP contribution in [0, 0.1) is 0 Å². The van der Waals surface area contributed by atoms with Crippen LogP contribution in [-0.2, 0) is 18.1 Å². The summed E-state index contributed by atoms with van der Waals surface area (Å²) >= 11 is 0. The molecule has 0 amide bonds. The number of para-hydroxylation sites is 2. The molecule has 1 N–H and O–H groups in total. The number of nitrogens with zero attached hydrogens (tertiary/aromatic N) is 1. The molecule has 1 atom stereocenters. The maximum absolute atomic E-state index is 13.6. The third-order valence-electron chi connectivity index (χ3n) is 5.71. The molecule has 0 bridgehead atoms. The van der Waals surface area contributed by atoms with E-state index < -0.39 is 17.3 Å². The van der Waals surface area contributed by atoms with Gasteiger partial charge in [0.05, 0.1) is 11.1 Å². The van der Waals surface area contributed by atoms with Gasteiger partial charge in [0.25, 0.3) is 0 Å². The van der Waals surface area contributed by atoms with Crippen molar-refractivity contribution >= 4 is 22.4 Å². The van der Waals surface area contributed by atoms with Gasteiger partial charge in [0.2, 0.25) is 0 Å². The minimum Gasteiger partial charge on any atom is -0.368 e. The smallest absolute Gasteiger partial charge is 0.368 e. The number of hydrogen-bond donors (Lipinski definition) is 1. The largest absolute Gasteiger partial charge is 0.416 e. The van der Waals surface area contributed by atoms with E-state index in [9.17, 15) is 18.0 Å². The Bertz CT molecular complexity index is 1300. The molecule has 3 aromatic carbocycles. The average molecular weight is 418 g/mol. The molecular weight excluding hydrogens is 401 g/mol. The predicted molar refractivity (Wildman–Crippen MR) is 113 cm³/mol. The summed E-state index contributed by atoms with van der Waals surface area (Å²) in [6, 6.07) is 23.3. The molecule has 0 radical (unpaired) electrons. The summed E-state index contributed by atoms with van der Waals surface area (Å²) in [5.41, 5.74) is 1.13. The fourth-order valence-corrected chi connectivity index (χ4v) is 4.16. The summed E-state index contributed by atoms with van der Waals surface area (Å²) in [5, 5.41) is 4.27. The lowest BCUT2D eigenvalue weighted by molar-refractivity contribution is -0.137. The first-order chi connectivity index (χ1) is 14.9. The molecule has 0 saturated heterocycles. The molecule has 0 saturated carbocycles. The fraction of sp³-hybridized carbons (Fsp3) is 0.120. The summed E-state index contributed by atoms with van der Waals surface area (Å²) in [7, 11) is 0. The highest BCUT2D eigenvalue weighted by molar-refractivity contribution is 6.13. The number of rotatable bonds is 3. The maximum atomic E-state index is 13.6. The summed E-state index contributed by atoms with van der Waals surface area (Å²) in [6.07, 6.45) is -4.24. The zero-order valence-corrected chi connectivity index (χ0v) is 16.3. The molecule has 1 aliphatic heterocycles. The molecule has 0 fully saturated rings. The quantitative estimate of drug-likeness (QED) is 0.444. The normalized spacial score (nSPS) is 18.1. The number of anilines is 1. The summed E-state index contributed by atoms with van der Waals surface area (Å²) in [4.78, 5) is 18.2. The van der Waals surface area contributed by atoms with Gasteiger partial charge >= 0.3 is 6.18 Å². The number of ketones is 1. The standard InChI is InChI=1S/C25H17F3N2O/c26-25(27,28)18-12-10-17(11-13-18)24(23(31)20-6-2-4-8-22(20)30-24)15-19-14-9-16-5-1-3-7-21(16)29-19/h1-14,30H,15H2. The second-order valence-electron chi connectivity index (χ2n) is 7.65. The van der Waals surface area contributed by atoms with Crippen molar-refractivity contribution in [2.24, 2.45) is 0 Å². The van der Waals surface area contributed by atoms with Gasteiger partial charge in [0.1, 0.15) is 5.54 Å². The highest BCUT2D eigenvalue weighted by Crippen LogP contribution is 2.42. The maximum Gasteiger partial charge on any atom is 0.416 e. The Kier molecular flexibility index (Phi) is 4.32. The molecule has 0 aliphatic carbocycles. The molecule has 5 rings (SSSR count). The van der Waals surface area contributed by atoms with Gasteiger partial charge in [-0.1, -0.05) is 48.5 Å². The molecule has 4 aromatic rings. The molecular formula is C25H17F3N2O. The van der Waals surface area contributed by atoms with Crippen LogP contribution in [0.3, 0.4) is 0 Å². The zero-order valence-electron chi connectivity index (χ0n) is 16.3. The van der Waals surface area contributed by atoms with Crippen molar-refractivity contribution in [1.29, 1.82) is 0 Å². The first kappa shape index (κ1) is 19.3. The zero-order chi connectivity index (χ0) is 21.6. The van der Waals surface area contributed by atoms with E-state index in [-0.39, 0.29) is 12.2 Å². The van der Waals surface area contributed by atoms with Crippen molar-refractivity contribution in [3.8, 4) is 0 Å². The highest BCUT2D eigenvalue weighted by atomic mass is 19.4. The van der Waals surface area contributed by atoms with Gasteiger partial charge in [-0.2, -0.15) is 13.2 Å². The van der Waals surface area contributed by atoms with Crippen molar-refractivity contribution in [2.75, 3.05) is 5.32 Å². The molecule has 0 spiro atoms. The van der Waals surface area contributed by atoms with Crippen molar-refractivity contribution in [3.05, 3.63) is 107 Å². The van der Waals surface area contributed by atoms with Gasteiger partial charge in [-0.25, -0.2) is 0 Å². The molecule has 154 valence electrons. The van der Waals surface area contributed by atoms with Crippen LogP contribution < -0.4 is 5.32 Å². The molecule has 1 aromatic heterocycles. The summed E-state index contributed by atoms with van der Waals surface area (Å²) in [5.74, 6) is -0.183. The van der Waals surface area contributed by atoms with Gasteiger partial charge in [-0.3, -0.25) is 9.78 Å². The van der Waals surface area contributed by atoms with Crippen LogP contribution in [0.4, 0.5) is 18.9 Å². The number of nitrogens with one attached hydrogen (secondary N) is 1. The lowest BCUT2D eigenvalue weighted by atomic mass is 9.81. The van der Waals surface area contributed by atoms with Gasteiger partial charge in [-0.15, -0.1) is 0 Å². The van der Waals surface area contributed by atoms with Crippen molar-refractivity contribution in [3.63, 3.8) is 0 Å². The minimum atomic E-state index is -4.44. The van der Waals surface area contributed by atoms with E-state index >= 15 is 0 Å². The van der Waals surface area contributed by atoms with Crippen molar-refractivity contribution in [1.82, 2.24) is 4.98 Å². The van der Waals surface area contributed by atoms with Crippen molar-refractivity contribution in [2.45, 2.75) is 18.1 Å². The number of carbonyl (C=O) groups excluding carboxylic acids is 1. The number of alkyl halides is 3. The molecule has 2 heterocycles. The Morgan fingerprint density at radius 2 is 1.55 bits per heavy atom. The van der Waals surface area contributed by atoms with E-state index in [0.717, 1.165) is 23.0 Å². The third-order valence-corrected chi connectivity index (χ3v) is 5.71. The number of Topliss-reactive ketones (excluding diaryl/α,β-unsaturated/α-hetero) is 1. The third kappa shape index (κ3) is 3.24. The second kappa shape index (κ2) is 6.94. The van der Waals surface area contributed by atoms with E-state index in [1.54, 1.807) is 18.2 Å². The van der Waals surface area contributed by atoms with Crippen LogP contribution in [-0.4, -0.2) is 10.8 Å². The van der Waals surface area contributed by atoms with Gasteiger partial charge in [0, 0.05) is 28.8 Å². The lowest BCUT2D eigenvalue weighted by Crippen LogP contribution is -2.41. The Labute approximate surface area is 176 Å². The van der Waals surface area contributed by atoms with Crippen LogP contribution in [0.1, 0.15) is 27.2 Å². The topological polar surface area (TPSA) is 42.0 Å². The monoisotopic (exact) mass is 418 g/mol. The minimum absolute atomic E-state index is 0.183. The molecule has 6 heteroatoms. The molecule has 3 nitrogen and oxygen atoms in total. The van der Waals surface area contributed by atoms with Gasteiger partial charge in [-0.05, 0) is 42.0 Å². The van der Waals surface area contributed by atoms with Crippen LogP contribution in [0.2, 0.25) is 0 Å². The van der Waals surface area contributed by atoms with E-state index in [1.165, 1.54) is 12.1 Å². The van der Waals surface area contributed by atoms with E-state index in [1.807, 2.05) is 42.5 Å². The number of fused-ring (bicyclic) bond motifs is 2. The van der Waals surface area contributed by atoms with Crippen LogP contribution in [0.5, 0.6) is 0 Å². The molecule has 1 aliphatic rings. The van der Waals surface area contributed by atoms with E-state index in [2.05, 4.69) is 5.32 Å². The van der Waals surface area contributed by atoms with Crippen molar-refractivity contribution < 1.29 is 18.0 Å². The van der Waals surface area contributed by atoms with E-state index in [4.69, 9.17) is 4.98 Å². The van der Waals surface area contributed by atoms with Crippen LogP contribution in [0.25, 0.3) is 10.9 Å². The lowest BCUT2D eigenvalue weighted by Gasteiger charge is -2.29. The SMILES string of the molecule is O=C1c2ccccc2NC1(Cc1ccc2ccccc2n1)c1ccc(C(F)(F)F)cc1. The first-order valence-corrected chi connectivity index (χ1v) is 9.81.